The summed E-state index contributed by atoms with van der Waals surface area (Å²) >= 11 is 0. The molecule has 15 nitrogen and oxygen atoms in total. The van der Waals surface area contributed by atoms with Crippen molar-refractivity contribution in [3.05, 3.63) is 0 Å². The third-order valence-electron chi connectivity index (χ3n) is 7.71. The van der Waals surface area contributed by atoms with Crippen LogP contribution in [0.25, 0.3) is 0 Å². The van der Waals surface area contributed by atoms with E-state index in [4.69, 9.17) is 65.6 Å². The molecule has 3 rings (SSSR count). The van der Waals surface area contributed by atoms with Crippen LogP contribution >= 0.6 is 0 Å². The highest BCUT2D eigenvalue weighted by molar-refractivity contribution is 5.02. The van der Waals surface area contributed by atoms with Crippen molar-refractivity contribution in [2.24, 2.45) is 22.9 Å². The molecule has 15 heteroatoms. The summed E-state index contributed by atoms with van der Waals surface area (Å²) in [5, 5.41) is 20.0. The van der Waals surface area contributed by atoms with Gasteiger partial charge in [0.15, 0.2) is 12.6 Å². The number of methoxy groups -OCH3 is 5. The number of aliphatic hydroxyl groups is 2. The molecule has 0 aromatic rings. The average molecular weight is 555 g/mol. The SMILES string of the molecule is CO[C@@H]1[C@@H](O[C@@H]2O[C@H](CO)[C@@H](O)[C@H](N)[C@H]2OC)[C@H](N)C[C@H](N)[C@H]1O[C@H]1O[C@H](CN)[C@@H](OC)[C@H](OC)[C@H]1OC. The third kappa shape index (κ3) is 6.32. The Bertz CT molecular complexity index is 714. The van der Waals surface area contributed by atoms with Crippen molar-refractivity contribution < 1.29 is 52.8 Å². The summed E-state index contributed by atoms with van der Waals surface area (Å²) in [5.41, 5.74) is 25.1. The maximum Gasteiger partial charge on any atom is 0.187 e. The molecule has 0 radical (unpaired) electrons. The van der Waals surface area contributed by atoms with Crippen LogP contribution in [-0.2, 0) is 42.6 Å². The van der Waals surface area contributed by atoms with Gasteiger partial charge in [0.25, 0.3) is 0 Å². The topological polar surface area (TPSA) is 228 Å². The highest BCUT2D eigenvalue weighted by Crippen LogP contribution is 2.34. The van der Waals surface area contributed by atoms with Crippen LogP contribution in [0.3, 0.4) is 0 Å². The molecule has 38 heavy (non-hydrogen) atoms. The Morgan fingerprint density at radius 3 is 1.55 bits per heavy atom. The maximum absolute atomic E-state index is 10.4. The number of nitrogens with two attached hydrogens (primary N) is 4. The third-order valence-corrected chi connectivity index (χ3v) is 7.71. The molecule has 0 aromatic carbocycles. The highest BCUT2D eigenvalue weighted by Gasteiger charge is 2.53. The Morgan fingerprint density at radius 1 is 0.658 bits per heavy atom. The quantitative estimate of drug-likeness (QED) is 0.143. The van der Waals surface area contributed by atoms with Gasteiger partial charge in [-0.15, -0.1) is 0 Å². The smallest absolute Gasteiger partial charge is 0.187 e. The fourth-order valence-electron chi connectivity index (χ4n) is 5.65. The molecule has 224 valence electrons. The van der Waals surface area contributed by atoms with Crippen LogP contribution in [0.1, 0.15) is 6.42 Å². The predicted octanol–water partition coefficient (Wildman–Crippen LogP) is -4.02. The minimum atomic E-state index is -1.15. The van der Waals surface area contributed by atoms with E-state index in [9.17, 15) is 10.2 Å². The van der Waals surface area contributed by atoms with Crippen molar-refractivity contribution in [1.82, 2.24) is 0 Å². The Kier molecular flexibility index (Phi) is 12.0. The lowest BCUT2D eigenvalue weighted by atomic mass is 9.84. The van der Waals surface area contributed by atoms with E-state index in [2.05, 4.69) is 0 Å². The molecular weight excluding hydrogens is 508 g/mol. The monoisotopic (exact) mass is 554 g/mol. The van der Waals surface area contributed by atoms with E-state index >= 15 is 0 Å². The molecule has 1 aliphatic carbocycles. The Hall–Kier alpha value is -0.600. The van der Waals surface area contributed by atoms with E-state index < -0.39 is 98.4 Å². The zero-order valence-electron chi connectivity index (χ0n) is 22.7. The molecule has 2 aliphatic heterocycles. The number of aliphatic hydroxyl groups excluding tert-OH is 2. The zero-order chi connectivity index (χ0) is 28.1. The average Bonchev–Trinajstić information content (AvgIpc) is 2.92. The van der Waals surface area contributed by atoms with E-state index in [1.54, 1.807) is 14.2 Å². The van der Waals surface area contributed by atoms with Gasteiger partial charge in [0.1, 0.15) is 61.0 Å². The first-order chi connectivity index (χ1) is 18.2. The Labute approximate surface area is 223 Å². The second-order valence-electron chi connectivity index (χ2n) is 9.84. The molecular formula is C23H46N4O11. The lowest BCUT2D eigenvalue weighted by molar-refractivity contribution is -0.339. The molecule has 0 bridgehead atoms. The molecule has 0 spiro atoms. The second kappa shape index (κ2) is 14.3. The van der Waals surface area contributed by atoms with Crippen molar-refractivity contribution in [1.29, 1.82) is 0 Å². The molecule has 1 saturated carbocycles. The molecule has 0 aromatic heterocycles. The highest BCUT2D eigenvalue weighted by atomic mass is 16.7. The molecule has 2 saturated heterocycles. The van der Waals surface area contributed by atoms with Crippen molar-refractivity contribution >= 4 is 0 Å². The van der Waals surface area contributed by atoms with Crippen molar-refractivity contribution in [2.75, 3.05) is 48.7 Å². The Balaban J connectivity index is 1.83. The summed E-state index contributed by atoms with van der Waals surface area (Å²) in [6.07, 6.45) is -9.15. The van der Waals surface area contributed by atoms with Gasteiger partial charge in [0.05, 0.1) is 12.6 Å². The molecule has 2 heterocycles. The lowest BCUT2D eigenvalue weighted by Gasteiger charge is -2.50. The summed E-state index contributed by atoms with van der Waals surface area (Å²) in [6.45, 7) is -0.305. The van der Waals surface area contributed by atoms with E-state index in [0.717, 1.165) is 0 Å². The second-order valence-corrected chi connectivity index (χ2v) is 9.84. The summed E-state index contributed by atoms with van der Waals surface area (Å²) in [6, 6.07) is -2.00. The van der Waals surface area contributed by atoms with Crippen LogP contribution in [0.4, 0.5) is 0 Å². The fourth-order valence-corrected chi connectivity index (χ4v) is 5.65. The standard InChI is InChI=1S/C23H46N4O11/c1-30-17-11(7-24)35-23(21(34-5)20(17)33-4)38-16-10(26)6-9(25)15(19(16)32-3)37-22-18(31-2)13(27)14(29)12(8-28)36-22/h9-23,28-29H,6-8,24-27H2,1-5H3/t9-,10+,11-,12-,13+,14-,15+,16-,17-,18-,19-,20+,21-,22+,23-/m1/s1. The maximum atomic E-state index is 10.4. The number of hydrogen-bond donors (Lipinski definition) is 6. The number of hydrogen-bond acceptors (Lipinski definition) is 15. The van der Waals surface area contributed by atoms with Crippen LogP contribution in [0.5, 0.6) is 0 Å². The molecule has 10 N–H and O–H groups in total. The van der Waals surface area contributed by atoms with Gasteiger partial charge in [0, 0.05) is 54.2 Å². The van der Waals surface area contributed by atoms with Gasteiger partial charge in [-0.2, -0.15) is 0 Å². The van der Waals surface area contributed by atoms with Gasteiger partial charge in [-0.05, 0) is 6.42 Å². The Morgan fingerprint density at radius 2 is 1.11 bits per heavy atom. The van der Waals surface area contributed by atoms with Crippen molar-refractivity contribution in [3.8, 4) is 0 Å². The lowest BCUT2D eigenvalue weighted by Crippen LogP contribution is -2.69. The van der Waals surface area contributed by atoms with E-state index in [1.807, 2.05) is 0 Å². The summed E-state index contributed by atoms with van der Waals surface area (Å²) in [4.78, 5) is 0. The first kappa shape index (κ1) is 31.9. The van der Waals surface area contributed by atoms with Gasteiger partial charge < -0.3 is 75.8 Å². The van der Waals surface area contributed by atoms with Crippen LogP contribution in [-0.4, -0.2) is 151 Å². The van der Waals surface area contributed by atoms with Gasteiger partial charge in [-0.25, -0.2) is 0 Å². The van der Waals surface area contributed by atoms with E-state index in [-0.39, 0.29) is 6.54 Å². The minimum absolute atomic E-state index is 0.158. The summed E-state index contributed by atoms with van der Waals surface area (Å²) < 4.78 is 52.8. The van der Waals surface area contributed by atoms with Gasteiger partial charge in [-0.3, -0.25) is 0 Å². The minimum Gasteiger partial charge on any atom is -0.394 e. The molecule has 15 atom stereocenters. The first-order valence-electron chi connectivity index (χ1n) is 12.7. The van der Waals surface area contributed by atoms with Crippen LogP contribution in [0.2, 0.25) is 0 Å². The molecule has 3 aliphatic rings. The van der Waals surface area contributed by atoms with Gasteiger partial charge >= 0.3 is 0 Å². The number of ether oxygens (including phenoxy) is 9. The van der Waals surface area contributed by atoms with Gasteiger partial charge in [-0.1, -0.05) is 0 Å². The predicted molar refractivity (Wildman–Crippen MR) is 132 cm³/mol. The molecule has 0 amide bonds. The van der Waals surface area contributed by atoms with E-state index in [0.29, 0.717) is 6.42 Å². The zero-order valence-corrected chi connectivity index (χ0v) is 22.7. The largest absolute Gasteiger partial charge is 0.394 e. The van der Waals surface area contributed by atoms with Crippen LogP contribution in [0, 0.1) is 0 Å². The number of rotatable bonds is 11. The molecule has 3 fully saturated rings. The molecule has 0 unspecified atom stereocenters. The van der Waals surface area contributed by atoms with Crippen molar-refractivity contribution in [3.63, 3.8) is 0 Å². The normalized spacial score (nSPS) is 48.2. The fraction of sp³-hybridized carbons (Fsp3) is 1.00. The van der Waals surface area contributed by atoms with Crippen molar-refractivity contribution in [2.45, 2.75) is 98.2 Å². The van der Waals surface area contributed by atoms with E-state index in [1.165, 1.54) is 21.3 Å². The van der Waals surface area contributed by atoms with Crippen LogP contribution < -0.4 is 22.9 Å². The van der Waals surface area contributed by atoms with Gasteiger partial charge in [0.2, 0.25) is 0 Å². The first-order valence-corrected chi connectivity index (χ1v) is 12.7. The summed E-state index contributed by atoms with van der Waals surface area (Å²) in [7, 11) is 7.52. The van der Waals surface area contributed by atoms with Crippen LogP contribution in [0.15, 0.2) is 0 Å². The summed E-state index contributed by atoms with van der Waals surface area (Å²) in [5.74, 6) is 0.